The van der Waals surface area contributed by atoms with Crippen molar-refractivity contribution in [2.24, 2.45) is 5.73 Å². The number of nitriles is 1. The molecule has 1 aromatic carbocycles. The highest BCUT2D eigenvalue weighted by Crippen LogP contribution is 2.24. The van der Waals surface area contributed by atoms with Crippen LogP contribution in [-0.4, -0.2) is 31.4 Å². The maximum Gasteiger partial charge on any atom is 0.218 e. The second-order valence-electron chi connectivity index (χ2n) is 5.60. The van der Waals surface area contributed by atoms with E-state index in [4.69, 9.17) is 11.0 Å². The van der Waals surface area contributed by atoms with Gasteiger partial charge in [0.05, 0.1) is 17.4 Å². The number of rotatable bonds is 4. The van der Waals surface area contributed by atoms with Gasteiger partial charge < -0.3 is 5.73 Å². The molecule has 1 heterocycles. The lowest BCUT2D eigenvalue weighted by atomic mass is 10.00. The van der Waals surface area contributed by atoms with E-state index in [1.54, 1.807) is 28.6 Å². The van der Waals surface area contributed by atoms with Crippen LogP contribution < -0.4 is 5.73 Å². The summed E-state index contributed by atoms with van der Waals surface area (Å²) in [7, 11) is -3.41. The molecule has 1 fully saturated rings. The first-order valence-electron chi connectivity index (χ1n) is 7.18. The van der Waals surface area contributed by atoms with Gasteiger partial charge in [-0.25, -0.2) is 8.42 Å². The van der Waals surface area contributed by atoms with E-state index in [2.05, 4.69) is 0 Å². The number of hydrogen-bond acceptors (Lipinski definition) is 4. The Labute approximate surface area is 126 Å². The van der Waals surface area contributed by atoms with E-state index in [9.17, 15) is 8.42 Å². The van der Waals surface area contributed by atoms with Crippen LogP contribution in [-0.2, 0) is 15.8 Å². The molecule has 2 rings (SSSR count). The lowest BCUT2D eigenvalue weighted by Gasteiger charge is -2.36. The van der Waals surface area contributed by atoms with Crippen LogP contribution in [0.25, 0.3) is 0 Å². The lowest BCUT2D eigenvalue weighted by molar-refractivity contribution is 0.227. The molecular weight excluding hydrogens is 286 g/mol. The van der Waals surface area contributed by atoms with E-state index in [0.29, 0.717) is 17.7 Å². The quantitative estimate of drug-likeness (QED) is 0.915. The molecule has 6 heteroatoms. The predicted octanol–water partition coefficient (Wildman–Crippen LogP) is 1.59. The number of hydrogen-bond donors (Lipinski definition) is 1. The minimum absolute atomic E-state index is 0.0776. The van der Waals surface area contributed by atoms with Crippen molar-refractivity contribution >= 4 is 10.0 Å². The van der Waals surface area contributed by atoms with Gasteiger partial charge in [0.2, 0.25) is 10.0 Å². The normalized spacial score (nSPS) is 21.7. The summed E-state index contributed by atoms with van der Waals surface area (Å²) in [6.07, 6.45) is 2.71. The molecule has 0 saturated carbocycles. The molecular formula is C15H21N3O2S. The minimum Gasteiger partial charge on any atom is -0.326 e. The fourth-order valence-electron chi connectivity index (χ4n) is 2.83. The summed E-state index contributed by atoms with van der Waals surface area (Å²) in [5.74, 6) is -0.0776. The number of nitrogens with zero attached hydrogens (tertiary/aromatic N) is 2. The molecule has 1 aliphatic heterocycles. The molecule has 1 saturated heterocycles. The van der Waals surface area contributed by atoms with Crippen molar-refractivity contribution in [1.29, 1.82) is 5.26 Å². The standard InChI is InChI=1S/C15H21N3O2S/c1-12(17)15-7-2-3-8-18(15)21(19,20)11-14-6-4-5-13(9-14)10-16/h4-6,9,12,15H,2-3,7-8,11,17H2,1H3. The molecule has 2 atom stereocenters. The molecule has 1 aromatic rings. The minimum atomic E-state index is -3.41. The Hall–Kier alpha value is -1.42. The molecule has 2 N–H and O–H groups in total. The highest BCUT2D eigenvalue weighted by Gasteiger charge is 2.34. The highest BCUT2D eigenvalue weighted by molar-refractivity contribution is 7.88. The molecule has 2 unspecified atom stereocenters. The number of benzene rings is 1. The van der Waals surface area contributed by atoms with E-state index in [0.717, 1.165) is 19.3 Å². The molecule has 5 nitrogen and oxygen atoms in total. The third-order valence-electron chi connectivity index (χ3n) is 3.87. The first-order chi connectivity index (χ1) is 9.94. The summed E-state index contributed by atoms with van der Waals surface area (Å²) < 4.78 is 26.9. The number of nitrogens with two attached hydrogens (primary N) is 1. The van der Waals surface area contributed by atoms with E-state index < -0.39 is 10.0 Å². The van der Waals surface area contributed by atoms with E-state index in [1.165, 1.54) is 0 Å². The average Bonchev–Trinajstić information content (AvgIpc) is 2.47. The molecule has 0 radical (unpaired) electrons. The van der Waals surface area contributed by atoms with Gasteiger partial charge in [0.25, 0.3) is 0 Å². The van der Waals surface area contributed by atoms with Gasteiger partial charge in [-0.2, -0.15) is 9.57 Å². The van der Waals surface area contributed by atoms with Crippen molar-refractivity contribution < 1.29 is 8.42 Å². The Morgan fingerprint density at radius 2 is 2.24 bits per heavy atom. The summed E-state index contributed by atoms with van der Waals surface area (Å²) >= 11 is 0. The predicted molar refractivity (Wildman–Crippen MR) is 81.8 cm³/mol. The Kier molecular flexibility index (Phi) is 4.99. The first-order valence-corrected chi connectivity index (χ1v) is 8.79. The maximum atomic E-state index is 12.7. The van der Waals surface area contributed by atoms with Crippen LogP contribution in [0.15, 0.2) is 24.3 Å². The third-order valence-corrected chi connectivity index (χ3v) is 5.73. The summed E-state index contributed by atoms with van der Waals surface area (Å²) in [6.45, 7) is 2.39. The van der Waals surface area contributed by atoms with Gasteiger partial charge in [-0.15, -0.1) is 0 Å². The molecule has 0 spiro atoms. The van der Waals surface area contributed by atoms with Crippen LogP contribution in [0.4, 0.5) is 0 Å². The molecule has 1 aliphatic rings. The SMILES string of the molecule is CC(N)C1CCCCN1S(=O)(=O)Cc1cccc(C#N)c1. The molecule has 21 heavy (non-hydrogen) atoms. The van der Waals surface area contributed by atoms with E-state index >= 15 is 0 Å². The van der Waals surface area contributed by atoms with Crippen LogP contribution in [0.1, 0.15) is 37.3 Å². The van der Waals surface area contributed by atoms with Gasteiger partial charge >= 0.3 is 0 Å². The van der Waals surface area contributed by atoms with Gasteiger partial charge in [-0.3, -0.25) is 0 Å². The summed E-state index contributed by atoms with van der Waals surface area (Å²) in [5.41, 5.74) is 7.06. The fourth-order valence-corrected chi connectivity index (χ4v) is 4.71. The van der Waals surface area contributed by atoms with Gasteiger partial charge in [-0.05, 0) is 37.5 Å². The smallest absolute Gasteiger partial charge is 0.218 e. The van der Waals surface area contributed by atoms with Gasteiger partial charge in [0.15, 0.2) is 0 Å². The van der Waals surface area contributed by atoms with Crippen molar-refractivity contribution in [2.45, 2.75) is 44.0 Å². The van der Waals surface area contributed by atoms with Gasteiger partial charge in [0.1, 0.15) is 0 Å². The van der Waals surface area contributed by atoms with Crippen LogP contribution in [0.5, 0.6) is 0 Å². The first kappa shape index (κ1) is 16.0. The fraction of sp³-hybridized carbons (Fsp3) is 0.533. The number of sulfonamides is 1. The van der Waals surface area contributed by atoms with Crippen LogP contribution >= 0.6 is 0 Å². The van der Waals surface area contributed by atoms with E-state index in [-0.39, 0.29) is 17.8 Å². The third kappa shape index (κ3) is 3.82. The van der Waals surface area contributed by atoms with Crippen molar-refractivity contribution in [2.75, 3.05) is 6.54 Å². The average molecular weight is 307 g/mol. The van der Waals surface area contributed by atoms with Gasteiger partial charge in [-0.1, -0.05) is 18.6 Å². The molecule has 0 aliphatic carbocycles. The Morgan fingerprint density at radius 3 is 2.90 bits per heavy atom. The Bertz CT molecular complexity index is 635. The Balaban J connectivity index is 2.22. The molecule has 0 aromatic heterocycles. The zero-order valence-corrected chi connectivity index (χ0v) is 13.0. The van der Waals surface area contributed by atoms with Crippen molar-refractivity contribution in [1.82, 2.24) is 4.31 Å². The summed E-state index contributed by atoms with van der Waals surface area (Å²) in [5, 5.41) is 8.90. The monoisotopic (exact) mass is 307 g/mol. The zero-order chi connectivity index (χ0) is 15.5. The highest BCUT2D eigenvalue weighted by atomic mass is 32.2. The van der Waals surface area contributed by atoms with Crippen LogP contribution in [0, 0.1) is 11.3 Å². The summed E-state index contributed by atoms with van der Waals surface area (Å²) in [4.78, 5) is 0. The van der Waals surface area contributed by atoms with Crippen molar-refractivity contribution in [3.63, 3.8) is 0 Å². The second kappa shape index (κ2) is 6.56. The summed E-state index contributed by atoms with van der Waals surface area (Å²) in [6, 6.07) is 8.48. The molecule has 0 amide bonds. The Morgan fingerprint density at radius 1 is 1.48 bits per heavy atom. The molecule has 114 valence electrons. The maximum absolute atomic E-state index is 12.7. The lowest BCUT2D eigenvalue weighted by Crippen LogP contribution is -2.51. The van der Waals surface area contributed by atoms with Crippen LogP contribution in [0.2, 0.25) is 0 Å². The van der Waals surface area contributed by atoms with Crippen LogP contribution in [0.3, 0.4) is 0 Å². The molecule has 0 bridgehead atoms. The zero-order valence-electron chi connectivity index (χ0n) is 12.2. The van der Waals surface area contributed by atoms with Crippen molar-refractivity contribution in [3.8, 4) is 6.07 Å². The number of piperidine rings is 1. The van der Waals surface area contributed by atoms with Gasteiger partial charge in [0, 0.05) is 18.6 Å². The topological polar surface area (TPSA) is 87.2 Å². The van der Waals surface area contributed by atoms with E-state index in [1.807, 2.05) is 13.0 Å². The second-order valence-corrected chi connectivity index (χ2v) is 7.52. The van der Waals surface area contributed by atoms with Crippen molar-refractivity contribution in [3.05, 3.63) is 35.4 Å². The largest absolute Gasteiger partial charge is 0.326 e.